The highest BCUT2D eigenvalue weighted by atomic mass is 19.1. The lowest BCUT2D eigenvalue weighted by atomic mass is 10.0. The van der Waals surface area contributed by atoms with E-state index in [1.807, 2.05) is 38.1 Å². The number of ether oxygens (including phenoxy) is 1. The SMILES string of the molecule is CCOCc1ccccc1CNc1c(C#N)cnc2c(C)cc(F)cc12. The van der Waals surface area contributed by atoms with E-state index in [2.05, 4.69) is 16.4 Å². The predicted molar refractivity (Wildman–Crippen MR) is 100 cm³/mol. The van der Waals surface area contributed by atoms with Gasteiger partial charge < -0.3 is 10.1 Å². The van der Waals surface area contributed by atoms with Crippen LogP contribution in [0, 0.1) is 24.1 Å². The Kier molecular flexibility index (Phi) is 5.45. The van der Waals surface area contributed by atoms with E-state index in [1.54, 1.807) is 0 Å². The number of nitriles is 1. The molecule has 0 aliphatic carbocycles. The summed E-state index contributed by atoms with van der Waals surface area (Å²) in [6, 6.07) is 13.0. The first-order valence-corrected chi connectivity index (χ1v) is 8.51. The molecule has 0 amide bonds. The minimum absolute atomic E-state index is 0.341. The number of fused-ring (bicyclic) bond motifs is 1. The molecule has 0 aliphatic rings. The van der Waals surface area contributed by atoms with Crippen LogP contribution in [0.2, 0.25) is 0 Å². The van der Waals surface area contributed by atoms with Crippen molar-refractivity contribution >= 4 is 16.6 Å². The standard InChI is InChI=1S/C21H20FN3O/c1-3-26-13-16-7-5-4-6-15(16)11-25-21-17(10-23)12-24-20-14(2)8-18(22)9-19(20)21/h4-9,12H,3,11,13H2,1-2H3,(H,24,25). The van der Waals surface area contributed by atoms with Crippen molar-refractivity contribution in [1.29, 1.82) is 5.26 Å². The minimum Gasteiger partial charge on any atom is -0.379 e. The van der Waals surface area contributed by atoms with E-state index in [0.717, 1.165) is 16.7 Å². The Morgan fingerprint density at radius 1 is 1.23 bits per heavy atom. The summed E-state index contributed by atoms with van der Waals surface area (Å²) in [4.78, 5) is 4.32. The number of hydrogen-bond donors (Lipinski definition) is 1. The molecule has 0 spiro atoms. The van der Waals surface area contributed by atoms with Crippen LogP contribution in [0.4, 0.5) is 10.1 Å². The Balaban J connectivity index is 1.98. The minimum atomic E-state index is -0.341. The molecular formula is C21H20FN3O. The van der Waals surface area contributed by atoms with Gasteiger partial charge in [-0.3, -0.25) is 4.98 Å². The molecule has 0 aliphatic heterocycles. The maximum Gasteiger partial charge on any atom is 0.124 e. The maximum atomic E-state index is 13.9. The van der Waals surface area contributed by atoms with E-state index in [-0.39, 0.29) is 5.82 Å². The van der Waals surface area contributed by atoms with Gasteiger partial charge in [-0.2, -0.15) is 5.26 Å². The van der Waals surface area contributed by atoms with Crippen LogP contribution < -0.4 is 5.32 Å². The molecule has 4 nitrogen and oxygen atoms in total. The van der Waals surface area contributed by atoms with Crippen molar-refractivity contribution in [1.82, 2.24) is 4.98 Å². The van der Waals surface area contributed by atoms with Gasteiger partial charge in [0.15, 0.2) is 0 Å². The molecule has 132 valence electrons. The molecule has 0 unspecified atom stereocenters. The van der Waals surface area contributed by atoms with Crippen LogP contribution in [0.3, 0.4) is 0 Å². The highest BCUT2D eigenvalue weighted by Crippen LogP contribution is 2.29. The third-order valence-electron chi connectivity index (χ3n) is 4.28. The van der Waals surface area contributed by atoms with Crippen molar-refractivity contribution in [2.75, 3.05) is 11.9 Å². The van der Waals surface area contributed by atoms with Crippen LogP contribution in [-0.4, -0.2) is 11.6 Å². The van der Waals surface area contributed by atoms with Crippen LogP contribution in [0.5, 0.6) is 0 Å². The van der Waals surface area contributed by atoms with Gasteiger partial charge >= 0.3 is 0 Å². The molecule has 0 saturated heterocycles. The summed E-state index contributed by atoms with van der Waals surface area (Å²) in [7, 11) is 0. The summed E-state index contributed by atoms with van der Waals surface area (Å²) >= 11 is 0. The predicted octanol–water partition coefficient (Wildman–Crippen LogP) is 4.70. The van der Waals surface area contributed by atoms with Gasteiger partial charge in [-0.15, -0.1) is 0 Å². The molecule has 3 rings (SSSR count). The zero-order chi connectivity index (χ0) is 18.5. The van der Waals surface area contributed by atoms with Gasteiger partial charge in [0.2, 0.25) is 0 Å². The zero-order valence-electron chi connectivity index (χ0n) is 14.8. The van der Waals surface area contributed by atoms with Gasteiger partial charge in [-0.05, 0) is 42.7 Å². The number of pyridine rings is 1. The molecule has 0 bridgehead atoms. The second-order valence-electron chi connectivity index (χ2n) is 6.04. The number of rotatable bonds is 6. The van der Waals surface area contributed by atoms with Crippen molar-refractivity contribution in [3.8, 4) is 6.07 Å². The topological polar surface area (TPSA) is 57.9 Å². The van der Waals surface area contributed by atoms with Crippen molar-refractivity contribution in [2.24, 2.45) is 0 Å². The summed E-state index contributed by atoms with van der Waals surface area (Å²) in [6.07, 6.45) is 1.53. The van der Waals surface area contributed by atoms with Gasteiger partial charge in [0.05, 0.1) is 23.4 Å². The summed E-state index contributed by atoms with van der Waals surface area (Å²) in [5, 5.41) is 13.4. The lowest BCUT2D eigenvalue weighted by Crippen LogP contribution is -2.06. The van der Waals surface area contributed by atoms with Crippen LogP contribution in [0.25, 0.3) is 10.9 Å². The molecule has 5 heteroatoms. The van der Waals surface area contributed by atoms with E-state index < -0.39 is 0 Å². The average molecular weight is 349 g/mol. The third kappa shape index (κ3) is 3.66. The first-order valence-electron chi connectivity index (χ1n) is 8.51. The first kappa shape index (κ1) is 17.8. The van der Waals surface area contributed by atoms with Crippen LogP contribution >= 0.6 is 0 Å². The van der Waals surface area contributed by atoms with Gasteiger partial charge in [0.25, 0.3) is 0 Å². The van der Waals surface area contributed by atoms with E-state index in [4.69, 9.17) is 4.74 Å². The maximum absolute atomic E-state index is 13.9. The molecule has 0 radical (unpaired) electrons. The Hall–Kier alpha value is -2.97. The largest absolute Gasteiger partial charge is 0.379 e. The number of benzene rings is 2. The Bertz CT molecular complexity index is 979. The average Bonchev–Trinajstić information content (AvgIpc) is 2.64. The molecule has 0 fully saturated rings. The number of halogens is 1. The summed E-state index contributed by atoms with van der Waals surface area (Å²) in [5.41, 5.74) is 4.58. The molecule has 3 aromatic rings. The lowest BCUT2D eigenvalue weighted by molar-refractivity contribution is 0.133. The third-order valence-corrected chi connectivity index (χ3v) is 4.28. The fourth-order valence-corrected chi connectivity index (χ4v) is 2.98. The highest BCUT2D eigenvalue weighted by molar-refractivity contribution is 5.95. The lowest BCUT2D eigenvalue weighted by Gasteiger charge is -2.15. The monoisotopic (exact) mass is 349 g/mol. The molecule has 1 aromatic heterocycles. The fraction of sp³-hybridized carbons (Fsp3) is 0.238. The van der Waals surface area contributed by atoms with Gasteiger partial charge in [-0.1, -0.05) is 24.3 Å². The van der Waals surface area contributed by atoms with Crippen molar-refractivity contribution in [3.63, 3.8) is 0 Å². The quantitative estimate of drug-likeness (QED) is 0.701. The normalized spacial score (nSPS) is 10.7. The number of hydrogen-bond acceptors (Lipinski definition) is 4. The Morgan fingerprint density at radius 3 is 2.73 bits per heavy atom. The second kappa shape index (κ2) is 7.94. The number of nitrogens with zero attached hydrogens (tertiary/aromatic N) is 2. The van der Waals surface area contributed by atoms with E-state index in [9.17, 15) is 9.65 Å². The van der Waals surface area contributed by atoms with Gasteiger partial charge in [0.1, 0.15) is 11.9 Å². The van der Waals surface area contributed by atoms with Crippen LogP contribution in [-0.2, 0) is 17.9 Å². The molecule has 0 atom stereocenters. The van der Waals surface area contributed by atoms with Gasteiger partial charge in [-0.25, -0.2) is 4.39 Å². The van der Waals surface area contributed by atoms with Crippen molar-refractivity contribution in [2.45, 2.75) is 27.0 Å². The second-order valence-corrected chi connectivity index (χ2v) is 6.04. The molecule has 2 aromatic carbocycles. The fourth-order valence-electron chi connectivity index (χ4n) is 2.98. The number of aryl methyl sites for hydroxylation is 1. The van der Waals surface area contributed by atoms with E-state index >= 15 is 0 Å². The van der Waals surface area contributed by atoms with Crippen molar-refractivity contribution in [3.05, 3.63) is 70.7 Å². The van der Waals surface area contributed by atoms with Crippen LogP contribution in [0.1, 0.15) is 29.2 Å². The molecule has 26 heavy (non-hydrogen) atoms. The van der Waals surface area contributed by atoms with E-state index in [1.165, 1.54) is 18.3 Å². The zero-order valence-corrected chi connectivity index (χ0v) is 14.8. The Labute approximate surface area is 152 Å². The summed E-state index contributed by atoms with van der Waals surface area (Å²) in [6.45, 7) is 5.45. The highest BCUT2D eigenvalue weighted by Gasteiger charge is 2.12. The summed E-state index contributed by atoms with van der Waals surface area (Å²) < 4.78 is 19.4. The number of aromatic nitrogens is 1. The van der Waals surface area contributed by atoms with E-state index in [0.29, 0.717) is 41.9 Å². The molecule has 0 saturated carbocycles. The first-order chi connectivity index (χ1) is 12.6. The number of nitrogens with one attached hydrogen (secondary N) is 1. The van der Waals surface area contributed by atoms with Crippen LogP contribution in [0.15, 0.2) is 42.6 Å². The Morgan fingerprint density at radius 2 is 2.00 bits per heavy atom. The summed E-state index contributed by atoms with van der Waals surface area (Å²) in [5.74, 6) is -0.341. The molecule has 1 heterocycles. The van der Waals surface area contributed by atoms with Crippen molar-refractivity contribution < 1.29 is 9.13 Å². The number of anilines is 1. The smallest absolute Gasteiger partial charge is 0.124 e. The molecular weight excluding hydrogens is 329 g/mol. The van der Waals surface area contributed by atoms with Gasteiger partial charge in [0, 0.05) is 24.7 Å². The molecule has 1 N–H and O–H groups in total.